The first-order valence-electron chi connectivity index (χ1n) is 8.75. The molecular formula is C17H32N2+2. The van der Waals surface area contributed by atoms with Gasteiger partial charge in [0.2, 0.25) is 0 Å². The highest BCUT2D eigenvalue weighted by Gasteiger charge is 2.31. The molecule has 19 heavy (non-hydrogen) atoms. The van der Waals surface area contributed by atoms with Crippen molar-refractivity contribution < 1.29 is 9.80 Å². The zero-order chi connectivity index (χ0) is 12.9. The first kappa shape index (κ1) is 13.6. The van der Waals surface area contributed by atoms with Gasteiger partial charge < -0.3 is 9.80 Å². The molecule has 0 aromatic rings. The summed E-state index contributed by atoms with van der Waals surface area (Å²) in [7, 11) is 0. The summed E-state index contributed by atoms with van der Waals surface area (Å²) in [6.07, 6.45) is 16.4. The highest BCUT2D eigenvalue weighted by Crippen LogP contribution is 2.16. The molecule has 1 aliphatic heterocycles. The van der Waals surface area contributed by atoms with Crippen LogP contribution in [0.25, 0.3) is 0 Å². The maximum absolute atomic E-state index is 2.41. The van der Waals surface area contributed by atoms with Gasteiger partial charge in [0.25, 0.3) is 0 Å². The summed E-state index contributed by atoms with van der Waals surface area (Å²) in [4.78, 5) is 3.85. The van der Waals surface area contributed by atoms with Gasteiger partial charge in [-0.05, 0) is 44.9 Å². The Labute approximate surface area is 118 Å². The van der Waals surface area contributed by atoms with E-state index in [4.69, 9.17) is 0 Å². The summed E-state index contributed by atoms with van der Waals surface area (Å²) in [5.74, 6) is 0.983. The quantitative estimate of drug-likeness (QED) is 0.685. The van der Waals surface area contributed by atoms with Crippen molar-refractivity contribution in [2.75, 3.05) is 32.7 Å². The molecule has 1 atom stereocenters. The van der Waals surface area contributed by atoms with Crippen LogP contribution in [0.5, 0.6) is 0 Å². The van der Waals surface area contributed by atoms with Gasteiger partial charge in [-0.2, -0.15) is 0 Å². The van der Waals surface area contributed by atoms with Crippen molar-refractivity contribution in [1.29, 1.82) is 0 Å². The minimum Gasteiger partial charge on any atom is -0.325 e. The molecule has 0 radical (unpaired) electrons. The predicted molar refractivity (Wildman–Crippen MR) is 79.6 cm³/mol. The molecule has 1 heterocycles. The zero-order valence-corrected chi connectivity index (χ0v) is 12.5. The number of hydrogen-bond acceptors (Lipinski definition) is 0. The number of allylic oxidation sites excluding steroid dienone is 2. The minimum atomic E-state index is 0.983. The van der Waals surface area contributed by atoms with Gasteiger partial charge in [0, 0.05) is 5.92 Å². The van der Waals surface area contributed by atoms with Crippen LogP contribution in [0.15, 0.2) is 12.2 Å². The van der Waals surface area contributed by atoms with Crippen LogP contribution >= 0.6 is 0 Å². The molecule has 1 saturated heterocycles. The molecule has 3 rings (SSSR count). The topological polar surface area (TPSA) is 8.88 Å². The molecule has 2 heteroatoms. The number of quaternary nitrogens is 2. The summed E-state index contributed by atoms with van der Waals surface area (Å²) in [6.45, 7) is 7.21. The van der Waals surface area contributed by atoms with Crippen LogP contribution in [0.2, 0.25) is 0 Å². The van der Waals surface area contributed by atoms with Crippen LogP contribution in [0.3, 0.4) is 0 Å². The van der Waals surface area contributed by atoms with E-state index >= 15 is 0 Å². The second kappa shape index (κ2) is 6.90. The molecule has 2 fully saturated rings. The second-order valence-corrected chi connectivity index (χ2v) is 7.10. The molecule has 0 amide bonds. The molecular weight excluding hydrogens is 232 g/mol. The molecule has 108 valence electrons. The first-order valence-corrected chi connectivity index (χ1v) is 8.75. The number of piperazine rings is 1. The first-order chi connectivity index (χ1) is 9.42. The van der Waals surface area contributed by atoms with Crippen molar-refractivity contribution in [2.45, 2.75) is 57.4 Å². The van der Waals surface area contributed by atoms with Crippen molar-refractivity contribution in [3.63, 3.8) is 0 Å². The van der Waals surface area contributed by atoms with Crippen molar-refractivity contribution in [3.05, 3.63) is 12.2 Å². The van der Waals surface area contributed by atoms with E-state index in [2.05, 4.69) is 12.2 Å². The lowest BCUT2D eigenvalue weighted by Gasteiger charge is -2.37. The fourth-order valence-electron chi connectivity index (χ4n) is 4.50. The molecule has 0 spiro atoms. The Bertz CT molecular complexity index is 286. The van der Waals surface area contributed by atoms with E-state index in [0.717, 1.165) is 12.0 Å². The molecule has 2 nitrogen and oxygen atoms in total. The van der Waals surface area contributed by atoms with Gasteiger partial charge in [-0.3, -0.25) is 0 Å². The van der Waals surface area contributed by atoms with E-state index < -0.39 is 0 Å². The molecule has 0 aromatic carbocycles. The normalized spacial score (nSPS) is 37.4. The summed E-state index contributed by atoms with van der Waals surface area (Å²) in [5.41, 5.74) is 0. The summed E-state index contributed by atoms with van der Waals surface area (Å²) < 4.78 is 0. The summed E-state index contributed by atoms with van der Waals surface area (Å²) in [6, 6.07) is 1.02. The van der Waals surface area contributed by atoms with Gasteiger partial charge in [-0.25, -0.2) is 0 Å². The molecule has 3 aliphatic rings. The summed E-state index contributed by atoms with van der Waals surface area (Å²) >= 11 is 0. The Balaban J connectivity index is 1.40. The van der Waals surface area contributed by atoms with Crippen LogP contribution < -0.4 is 9.80 Å². The molecule has 0 unspecified atom stereocenters. The average molecular weight is 264 g/mol. The van der Waals surface area contributed by atoms with E-state index in [-0.39, 0.29) is 0 Å². The molecule has 0 bridgehead atoms. The van der Waals surface area contributed by atoms with Gasteiger partial charge in [0.05, 0.1) is 12.6 Å². The maximum atomic E-state index is 2.41. The smallest absolute Gasteiger partial charge is 0.127 e. The third-order valence-electron chi connectivity index (χ3n) is 5.74. The molecule has 0 aromatic heterocycles. The second-order valence-electron chi connectivity index (χ2n) is 7.10. The van der Waals surface area contributed by atoms with E-state index in [1.807, 2.05) is 9.80 Å². The van der Waals surface area contributed by atoms with Gasteiger partial charge in [-0.15, -0.1) is 0 Å². The highest BCUT2D eigenvalue weighted by molar-refractivity contribution is 4.89. The monoisotopic (exact) mass is 264 g/mol. The molecule has 1 saturated carbocycles. The fraction of sp³-hybridized carbons (Fsp3) is 0.882. The number of hydrogen-bond donors (Lipinski definition) is 2. The van der Waals surface area contributed by atoms with Crippen molar-refractivity contribution >= 4 is 0 Å². The largest absolute Gasteiger partial charge is 0.325 e. The van der Waals surface area contributed by atoms with Gasteiger partial charge in [-0.1, -0.05) is 18.6 Å². The van der Waals surface area contributed by atoms with Gasteiger partial charge >= 0.3 is 0 Å². The van der Waals surface area contributed by atoms with E-state index in [1.165, 1.54) is 84.1 Å². The van der Waals surface area contributed by atoms with Crippen LogP contribution in [-0.2, 0) is 0 Å². The van der Waals surface area contributed by atoms with Crippen LogP contribution in [0.1, 0.15) is 51.4 Å². The standard InChI is InChI=1S/C17H30N2/c1-3-7-16(8-4-1)15-18-11-13-19(14-12-18)17-9-5-2-6-10-17/h1,3,16-17H,2,4-15H2/p+2/t16-/m0/s1. The Kier molecular flexibility index (Phi) is 4.95. The van der Waals surface area contributed by atoms with E-state index in [1.54, 1.807) is 0 Å². The van der Waals surface area contributed by atoms with E-state index in [0.29, 0.717) is 0 Å². The average Bonchev–Trinajstić information content (AvgIpc) is 2.50. The van der Waals surface area contributed by atoms with Gasteiger partial charge in [0.15, 0.2) is 0 Å². The Morgan fingerprint density at radius 3 is 2.32 bits per heavy atom. The van der Waals surface area contributed by atoms with Crippen molar-refractivity contribution in [2.24, 2.45) is 5.92 Å². The van der Waals surface area contributed by atoms with Crippen LogP contribution in [0, 0.1) is 5.92 Å². The fourth-order valence-corrected chi connectivity index (χ4v) is 4.50. The molecule has 2 N–H and O–H groups in total. The molecule has 2 aliphatic carbocycles. The van der Waals surface area contributed by atoms with Crippen LogP contribution in [-0.4, -0.2) is 38.8 Å². The van der Waals surface area contributed by atoms with Crippen molar-refractivity contribution in [1.82, 2.24) is 0 Å². The minimum absolute atomic E-state index is 0.983. The Hall–Kier alpha value is -0.340. The van der Waals surface area contributed by atoms with Crippen LogP contribution in [0.4, 0.5) is 0 Å². The highest BCUT2D eigenvalue weighted by atomic mass is 15.3. The number of nitrogens with one attached hydrogen (secondary N) is 2. The number of rotatable bonds is 3. The van der Waals surface area contributed by atoms with Crippen molar-refractivity contribution in [3.8, 4) is 0 Å². The summed E-state index contributed by atoms with van der Waals surface area (Å²) in [5, 5.41) is 0. The maximum Gasteiger partial charge on any atom is 0.127 e. The zero-order valence-electron chi connectivity index (χ0n) is 12.5. The SMILES string of the molecule is C1=CC[C@H](C[NH+]2CC[NH+](C3CCCCC3)CC2)CC1. The Morgan fingerprint density at radius 1 is 0.842 bits per heavy atom. The third kappa shape index (κ3) is 3.82. The lowest BCUT2D eigenvalue weighted by Crippen LogP contribution is -3.29. The lowest BCUT2D eigenvalue weighted by molar-refractivity contribution is -1.03. The van der Waals surface area contributed by atoms with Gasteiger partial charge in [0.1, 0.15) is 26.2 Å². The Morgan fingerprint density at radius 2 is 1.63 bits per heavy atom. The lowest BCUT2D eigenvalue weighted by atomic mass is 9.92. The third-order valence-corrected chi connectivity index (χ3v) is 5.74. The van der Waals surface area contributed by atoms with E-state index in [9.17, 15) is 0 Å². The predicted octanol–water partition coefficient (Wildman–Crippen LogP) is 0.459.